The van der Waals surface area contributed by atoms with Gasteiger partial charge < -0.3 is 5.32 Å². The summed E-state index contributed by atoms with van der Waals surface area (Å²) in [5, 5.41) is 8.38. The van der Waals surface area contributed by atoms with Crippen molar-refractivity contribution in [1.29, 1.82) is 0 Å². The molecule has 21 heavy (non-hydrogen) atoms. The highest BCUT2D eigenvalue weighted by molar-refractivity contribution is 7.20. The molecule has 0 aliphatic rings. The molecule has 1 aromatic carbocycles. The SMILES string of the molecule is C=CCNC(=O)c1cc2c(-c3ccccc3)nn(C)c2s1. The number of amides is 1. The van der Waals surface area contributed by atoms with E-state index in [4.69, 9.17) is 0 Å². The van der Waals surface area contributed by atoms with Crippen molar-refractivity contribution < 1.29 is 4.79 Å². The maximum absolute atomic E-state index is 12.1. The fourth-order valence-electron chi connectivity index (χ4n) is 2.21. The number of carbonyl (C=O) groups excluding carboxylic acids is 1. The van der Waals surface area contributed by atoms with Gasteiger partial charge in [0.2, 0.25) is 0 Å². The fraction of sp³-hybridized carbons (Fsp3) is 0.125. The van der Waals surface area contributed by atoms with Gasteiger partial charge in [-0.2, -0.15) is 5.10 Å². The van der Waals surface area contributed by atoms with Crippen molar-refractivity contribution in [3.63, 3.8) is 0 Å². The molecule has 0 atom stereocenters. The highest BCUT2D eigenvalue weighted by Crippen LogP contribution is 2.33. The summed E-state index contributed by atoms with van der Waals surface area (Å²) < 4.78 is 1.83. The second kappa shape index (κ2) is 5.54. The summed E-state index contributed by atoms with van der Waals surface area (Å²) in [6.45, 7) is 4.07. The van der Waals surface area contributed by atoms with E-state index in [9.17, 15) is 4.79 Å². The fourth-order valence-corrected chi connectivity index (χ4v) is 3.20. The summed E-state index contributed by atoms with van der Waals surface area (Å²) in [6, 6.07) is 11.9. The molecule has 0 saturated heterocycles. The average molecular weight is 297 g/mol. The molecular formula is C16H15N3OS. The van der Waals surface area contributed by atoms with Crippen LogP contribution in [0.2, 0.25) is 0 Å². The Morgan fingerprint density at radius 3 is 2.90 bits per heavy atom. The van der Waals surface area contributed by atoms with E-state index in [2.05, 4.69) is 17.0 Å². The highest BCUT2D eigenvalue weighted by Gasteiger charge is 2.17. The van der Waals surface area contributed by atoms with Gasteiger partial charge in [0.1, 0.15) is 10.5 Å². The first-order valence-corrected chi connectivity index (χ1v) is 7.43. The third-order valence-electron chi connectivity index (χ3n) is 3.19. The molecule has 4 nitrogen and oxygen atoms in total. The lowest BCUT2D eigenvalue weighted by Crippen LogP contribution is -2.22. The number of nitrogens with zero attached hydrogens (tertiary/aromatic N) is 2. The summed E-state index contributed by atoms with van der Waals surface area (Å²) in [7, 11) is 1.90. The Morgan fingerprint density at radius 1 is 1.43 bits per heavy atom. The first-order valence-electron chi connectivity index (χ1n) is 6.61. The van der Waals surface area contributed by atoms with E-state index in [0.29, 0.717) is 11.4 Å². The topological polar surface area (TPSA) is 46.9 Å². The van der Waals surface area contributed by atoms with Gasteiger partial charge in [0.25, 0.3) is 5.91 Å². The largest absolute Gasteiger partial charge is 0.348 e. The molecule has 1 N–H and O–H groups in total. The van der Waals surface area contributed by atoms with Crippen molar-refractivity contribution in [3.8, 4) is 11.3 Å². The van der Waals surface area contributed by atoms with Crippen molar-refractivity contribution >= 4 is 27.5 Å². The van der Waals surface area contributed by atoms with Crippen molar-refractivity contribution in [2.75, 3.05) is 6.54 Å². The molecular weight excluding hydrogens is 282 g/mol. The molecule has 3 aromatic rings. The molecule has 0 saturated carbocycles. The van der Waals surface area contributed by atoms with Crippen LogP contribution in [-0.4, -0.2) is 22.2 Å². The summed E-state index contributed by atoms with van der Waals surface area (Å²) >= 11 is 1.45. The van der Waals surface area contributed by atoms with Gasteiger partial charge in [-0.05, 0) is 6.07 Å². The van der Waals surface area contributed by atoms with E-state index < -0.39 is 0 Å². The molecule has 3 rings (SSSR count). The number of aromatic nitrogens is 2. The lowest BCUT2D eigenvalue weighted by molar-refractivity contribution is 0.0962. The Kier molecular flexibility index (Phi) is 3.58. The molecule has 0 fully saturated rings. The highest BCUT2D eigenvalue weighted by atomic mass is 32.1. The molecule has 2 heterocycles. The van der Waals surface area contributed by atoms with E-state index in [-0.39, 0.29) is 5.91 Å². The van der Waals surface area contributed by atoms with Gasteiger partial charge in [-0.3, -0.25) is 9.48 Å². The molecule has 0 aliphatic carbocycles. The predicted octanol–water partition coefficient (Wildman–Crippen LogP) is 3.22. The van der Waals surface area contributed by atoms with Crippen LogP contribution in [-0.2, 0) is 7.05 Å². The van der Waals surface area contributed by atoms with Crippen molar-refractivity contribution in [1.82, 2.24) is 15.1 Å². The van der Waals surface area contributed by atoms with Gasteiger partial charge >= 0.3 is 0 Å². The Bertz CT molecular complexity index is 802. The lowest BCUT2D eigenvalue weighted by atomic mass is 10.1. The summed E-state index contributed by atoms with van der Waals surface area (Å²) in [5.41, 5.74) is 1.96. The van der Waals surface area contributed by atoms with Crippen LogP contribution >= 0.6 is 11.3 Å². The number of fused-ring (bicyclic) bond motifs is 1. The number of benzene rings is 1. The number of hydrogen-bond donors (Lipinski definition) is 1. The number of rotatable bonds is 4. The minimum atomic E-state index is -0.0740. The summed E-state index contributed by atoms with van der Waals surface area (Å²) in [6.07, 6.45) is 1.67. The zero-order valence-corrected chi connectivity index (χ0v) is 12.5. The van der Waals surface area contributed by atoms with Crippen LogP contribution in [0.3, 0.4) is 0 Å². The van der Waals surface area contributed by atoms with E-state index in [1.54, 1.807) is 6.08 Å². The Morgan fingerprint density at radius 2 is 2.19 bits per heavy atom. The van der Waals surface area contributed by atoms with E-state index in [1.165, 1.54) is 11.3 Å². The molecule has 5 heteroatoms. The van der Waals surface area contributed by atoms with Crippen LogP contribution in [0, 0.1) is 0 Å². The average Bonchev–Trinajstić information content (AvgIpc) is 3.07. The first-order chi connectivity index (χ1) is 10.2. The van der Waals surface area contributed by atoms with Crippen LogP contribution in [0.5, 0.6) is 0 Å². The van der Waals surface area contributed by atoms with Gasteiger partial charge in [0, 0.05) is 24.5 Å². The molecule has 0 spiro atoms. The maximum atomic E-state index is 12.1. The number of carbonyl (C=O) groups is 1. The van der Waals surface area contributed by atoms with Gasteiger partial charge in [0.15, 0.2) is 0 Å². The summed E-state index contributed by atoms with van der Waals surface area (Å²) in [4.78, 5) is 13.7. The van der Waals surface area contributed by atoms with Crippen molar-refractivity contribution in [2.45, 2.75) is 0 Å². The molecule has 0 radical (unpaired) electrons. The third kappa shape index (κ3) is 2.48. The summed E-state index contributed by atoms with van der Waals surface area (Å²) in [5.74, 6) is -0.0740. The number of hydrogen-bond acceptors (Lipinski definition) is 3. The van der Waals surface area contributed by atoms with Gasteiger partial charge in [-0.25, -0.2) is 0 Å². The first kappa shape index (κ1) is 13.6. The molecule has 2 aromatic heterocycles. The monoisotopic (exact) mass is 297 g/mol. The minimum absolute atomic E-state index is 0.0740. The van der Waals surface area contributed by atoms with Crippen molar-refractivity contribution in [3.05, 3.63) is 53.9 Å². The smallest absolute Gasteiger partial charge is 0.261 e. The van der Waals surface area contributed by atoms with Crippen LogP contribution in [0.1, 0.15) is 9.67 Å². The standard InChI is InChI=1S/C16H15N3OS/c1-3-9-17-15(20)13-10-12-14(11-7-5-4-6-8-11)18-19(2)16(12)21-13/h3-8,10H,1,9H2,2H3,(H,17,20). The number of aryl methyl sites for hydroxylation is 1. The normalized spacial score (nSPS) is 10.7. The number of nitrogens with one attached hydrogen (secondary N) is 1. The zero-order chi connectivity index (χ0) is 14.8. The second-order valence-corrected chi connectivity index (χ2v) is 5.70. The van der Waals surface area contributed by atoms with Crippen LogP contribution in [0.25, 0.3) is 21.5 Å². The lowest BCUT2D eigenvalue weighted by Gasteiger charge is -1.98. The molecule has 0 bridgehead atoms. The minimum Gasteiger partial charge on any atom is -0.348 e. The molecule has 1 amide bonds. The van der Waals surface area contributed by atoms with Crippen molar-refractivity contribution in [2.24, 2.45) is 7.05 Å². The number of thiophene rings is 1. The van der Waals surface area contributed by atoms with Gasteiger partial charge in [0.05, 0.1) is 4.88 Å². The van der Waals surface area contributed by atoms with Gasteiger partial charge in [-0.1, -0.05) is 36.4 Å². The molecule has 0 aliphatic heterocycles. The second-order valence-electron chi connectivity index (χ2n) is 4.67. The van der Waals surface area contributed by atoms with E-state index >= 15 is 0 Å². The van der Waals surface area contributed by atoms with E-state index in [0.717, 1.165) is 21.5 Å². The van der Waals surface area contributed by atoms with Crippen LogP contribution in [0.15, 0.2) is 49.1 Å². The Hall–Kier alpha value is -2.40. The zero-order valence-electron chi connectivity index (χ0n) is 11.7. The Labute approximate surface area is 126 Å². The predicted molar refractivity (Wildman–Crippen MR) is 86.6 cm³/mol. The quantitative estimate of drug-likeness (QED) is 0.752. The maximum Gasteiger partial charge on any atom is 0.261 e. The van der Waals surface area contributed by atoms with Gasteiger partial charge in [-0.15, -0.1) is 17.9 Å². The third-order valence-corrected chi connectivity index (χ3v) is 4.39. The van der Waals surface area contributed by atoms with Crippen LogP contribution in [0.4, 0.5) is 0 Å². The molecule has 0 unspecified atom stereocenters. The van der Waals surface area contributed by atoms with Crippen LogP contribution < -0.4 is 5.32 Å². The molecule has 106 valence electrons. The Balaban J connectivity index is 2.06. The van der Waals surface area contributed by atoms with E-state index in [1.807, 2.05) is 48.1 Å².